The van der Waals surface area contributed by atoms with E-state index in [4.69, 9.17) is 14.2 Å². The minimum atomic E-state index is -0.316. The topological polar surface area (TPSA) is 89.7 Å². The van der Waals surface area contributed by atoms with Gasteiger partial charge in [-0.25, -0.2) is 4.98 Å². The maximum atomic E-state index is 9.99. The molecule has 2 aliphatic rings. The van der Waals surface area contributed by atoms with Crippen molar-refractivity contribution in [1.29, 1.82) is 5.26 Å². The Morgan fingerprint density at radius 2 is 2.03 bits per heavy atom. The first-order chi connectivity index (χ1) is 14.5. The first-order valence-electron chi connectivity index (χ1n) is 10.4. The summed E-state index contributed by atoms with van der Waals surface area (Å²) in [5, 5.41) is 16.9. The number of pyridine rings is 1. The molecule has 0 unspecified atom stereocenters. The van der Waals surface area contributed by atoms with Crippen LogP contribution in [0, 0.1) is 11.3 Å². The number of nitrogens with zero attached hydrogens (tertiary/aromatic N) is 1. The molecule has 0 spiro atoms. The third-order valence-electron chi connectivity index (χ3n) is 5.68. The summed E-state index contributed by atoms with van der Waals surface area (Å²) in [7, 11) is 1.64. The van der Waals surface area contributed by atoms with Gasteiger partial charge in [-0.2, -0.15) is 5.26 Å². The van der Waals surface area contributed by atoms with Crippen molar-refractivity contribution < 1.29 is 19.2 Å². The molecule has 3 heterocycles. The number of hydrogen-bond donors (Lipinski definition) is 2. The predicted molar refractivity (Wildman–Crippen MR) is 114 cm³/mol. The number of ether oxygens (including phenoxy) is 3. The summed E-state index contributed by atoms with van der Waals surface area (Å²) in [5.41, 5.74) is 3.23. The Kier molecular flexibility index (Phi) is 5.80. The molecule has 3 N–H and O–H groups in total. The molecule has 0 bridgehead atoms. The molecule has 7 nitrogen and oxygen atoms in total. The number of methoxy groups -OCH3 is 1. The predicted octanol–water partition coefficient (Wildman–Crippen LogP) is 3.57. The van der Waals surface area contributed by atoms with Crippen LogP contribution in [0.4, 0.5) is 17.3 Å². The summed E-state index contributed by atoms with van der Waals surface area (Å²) in [5.74, 6) is 2.34. The first kappa shape index (κ1) is 20.5. The van der Waals surface area contributed by atoms with Crippen molar-refractivity contribution in [3.8, 4) is 11.8 Å². The van der Waals surface area contributed by atoms with Crippen molar-refractivity contribution in [2.75, 3.05) is 30.9 Å². The summed E-state index contributed by atoms with van der Waals surface area (Å²) < 4.78 is 17.0. The van der Waals surface area contributed by atoms with E-state index in [1.54, 1.807) is 7.11 Å². The number of nitrogens with one attached hydrogen (secondary N) is 3. The summed E-state index contributed by atoms with van der Waals surface area (Å²) in [4.78, 5) is 3.41. The molecule has 1 aromatic heterocycles. The van der Waals surface area contributed by atoms with Crippen LogP contribution < -0.4 is 20.4 Å². The zero-order chi connectivity index (χ0) is 21.1. The molecule has 1 atom stereocenters. The molecule has 0 saturated carbocycles. The highest BCUT2D eigenvalue weighted by molar-refractivity contribution is 5.66. The highest BCUT2D eigenvalue weighted by Gasteiger charge is 2.34. The van der Waals surface area contributed by atoms with Crippen LogP contribution in [0.1, 0.15) is 43.4 Å². The Morgan fingerprint density at radius 3 is 2.70 bits per heavy atom. The monoisotopic (exact) mass is 409 g/mol. The molecule has 4 rings (SSSR count). The second-order valence-corrected chi connectivity index (χ2v) is 8.41. The SMILES string of the molecule is COc1ccc(Nc2[nH+]c(NC[C@H]3CCCO3)c3c(c2C#N)CC(C)(C)OC3)cc1. The summed E-state index contributed by atoms with van der Waals surface area (Å²) in [6.45, 7) is 6.13. The summed E-state index contributed by atoms with van der Waals surface area (Å²) in [6.07, 6.45) is 3.05. The molecule has 7 heteroatoms. The lowest BCUT2D eigenvalue weighted by Crippen LogP contribution is -2.36. The standard InChI is InChI=1S/C23H28N4O3/c1-23(2)11-18-19(12-24)22(26-15-6-8-16(28-3)9-7-15)27-21(20(18)14-30-23)25-13-17-5-4-10-29-17/h6-9,17H,4-5,10-11,13-14H2,1-3H3,(H2,25,26,27)/p+1/t17-/m1/s1. The van der Waals surface area contributed by atoms with Crippen LogP contribution >= 0.6 is 0 Å². The third kappa shape index (κ3) is 4.35. The molecule has 1 aromatic carbocycles. The second kappa shape index (κ2) is 8.50. The van der Waals surface area contributed by atoms with Gasteiger partial charge in [0.1, 0.15) is 17.4 Å². The van der Waals surface area contributed by atoms with Crippen molar-refractivity contribution in [2.45, 2.75) is 51.4 Å². The van der Waals surface area contributed by atoms with Crippen LogP contribution in [0.15, 0.2) is 24.3 Å². The molecule has 158 valence electrons. The summed E-state index contributed by atoms with van der Waals surface area (Å²) >= 11 is 0. The van der Waals surface area contributed by atoms with Crippen LogP contribution in [0.2, 0.25) is 0 Å². The molecule has 1 saturated heterocycles. The third-order valence-corrected chi connectivity index (χ3v) is 5.68. The number of aromatic amines is 1. The number of anilines is 3. The zero-order valence-electron chi connectivity index (χ0n) is 17.8. The van der Waals surface area contributed by atoms with Crippen molar-refractivity contribution in [3.05, 3.63) is 41.0 Å². The van der Waals surface area contributed by atoms with Gasteiger partial charge in [-0.05, 0) is 56.5 Å². The van der Waals surface area contributed by atoms with E-state index in [2.05, 4.69) is 35.5 Å². The molecule has 1 fully saturated rings. The maximum Gasteiger partial charge on any atom is 0.242 e. The van der Waals surface area contributed by atoms with Gasteiger partial charge in [-0.3, -0.25) is 5.32 Å². The lowest BCUT2D eigenvalue weighted by Gasteiger charge is -2.32. The van der Waals surface area contributed by atoms with Crippen LogP contribution in [-0.4, -0.2) is 32.0 Å². The van der Waals surface area contributed by atoms with Crippen molar-refractivity contribution in [3.63, 3.8) is 0 Å². The van der Waals surface area contributed by atoms with Gasteiger partial charge in [-0.15, -0.1) is 0 Å². The van der Waals surface area contributed by atoms with E-state index in [1.165, 1.54) is 0 Å². The van der Waals surface area contributed by atoms with E-state index in [-0.39, 0.29) is 11.7 Å². The average Bonchev–Trinajstić information content (AvgIpc) is 3.25. The second-order valence-electron chi connectivity index (χ2n) is 8.41. The van der Waals surface area contributed by atoms with Gasteiger partial charge in [0.15, 0.2) is 0 Å². The zero-order valence-corrected chi connectivity index (χ0v) is 17.8. The quantitative estimate of drug-likeness (QED) is 0.758. The molecule has 0 aliphatic carbocycles. The van der Waals surface area contributed by atoms with Gasteiger partial charge < -0.3 is 19.5 Å². The lowest BCUT2D eigenvalue weighted by atomic mass is 9.89. The molecular formula is C23H29N4O3+. The van der Waals surface area contributed by atoms with Crippen LogP contribution in [0.5, 0.6) is 5.75 Å². The van der Waals surface area contributed by atoms with Gasteiger partial charge >= 0.3 is 0 Å². The summed E-state index contributed by atoms with van der Waals surface area (Å²) in [6, 6.07) is 10.0. The Morgan fingerprint density at radius 1 is 1.23 bits per heavy atom. The van der Waals surface area contributed by atoms with Gasteiger partial charge in [0, 0.05) is 13.0 Å². The normalized spacial score (nSPS) is 19.6. The fourth-order valence-corrected chi connectivity index (χ4v) is 4.02. The minimum absolute atomic E-state index is 0.212. The fraction of sp³-hybridized carbons (Fsp3) is 0.478. The average molecular weight is 410 g/mol. The first-order valence-corrected chi connectivity index (χ1v) is 10.4. The Balaban J connectivity index is 1.69. The highest BCUT2D eigenvalue weighted by atomic mass is 16.5. The number of fused-ring (bicyclic) bond motifs is 1. The molecule has 2 aliphatic heterocycles. The largest absolute Gasteiger partial charge is 0.497 e. The Hall–Kier alpha value is -2.82. The van der Waals surface area contributed by atoms with Crippen LogP contribution in [-0.2, 0) is 22.5 Å². The van der Waals surface area contributed by atoms with Gasteiger partial charge in [-0.1, -0.05) is 0 Å². The van der Waals surface area contributed by atoms with Gasteiger partial charge in [0.25, 0.3) is 0 Å². The van der Waals surface area contributed by atoms with E-state index in [1.807, 2.05) is 24.3 Å². The number of rotatable bonds is 6. The van der Waals surface area contributed by atoms with E-state index >= 15 is 0 Å². The Labute approximate surface area is 177 Å². The van der Waals surface area contributed by atoms with Crippen LogP contribution in [0.3, 0.4) is 0 Å². The molecule has 30 heavy (non-hydrogen) atoms. The lowest BCUT2D eigenvalue weighted by molar-refractivity contribution is -0.345. The van der Waals surface area contributed by atoms with Gasteiger partial charge in [0.05, 0.1) is 43.2 Å². The van der Waals surface area contributed by atoms with Crippen molar-refractivity contribution in [2.24, 2.45) is 0 Å². The van der Waals surface area contributed by atoms with E-state index in [9.17, 15) is 5.26 Å². The van der Waals surface area contributed by atoms with Crippen LogP contribution in [0.25, 0.3) is 0 Å². The minimum Gasteiger partial charge on any atom is -0.497 e. The van der Waals surface area contributed by atoms with Crippen molar-refractivity contribution in [1.82, 2.24) is 0 Å². The maximum absolute atomic E-state index is 9.99. The Bertz CT molecular complexity index is 944. The van der Waals surface area contributed by atoms with E-state index < -0.39 is 0 Å². The molecular weight excluding hydrogens is 380 g/mol. The smallest absolute Gasteiger partial charge is 0.242 e. The number of benzene rings is 1. The van der Waals surface area contributed by atoms with Gasteiger partial charge in [0.2, 0.25) is 11.6 Å². The fourth-order valence-electron chi connectivity index (χ4n) is 4.02. The van der Waals surface area contributed by atoms with E-state index in [0.29, 0.717) is 24.4 Å². The van der Waals surface area contributed by atoms with Crippen molar-refractivity contribution >= 4 is 17.3 Å². The number of aromatic nitrogens is 1. The molecule has 0 amide bonds. The highest BCUT2D eigenvalue weighted by Crippen LogP contribution is 2.35. The van der Waals surface area contributed by atoms with E-state index in [0.717, 1.165) is 54.4 Å². The molecule has 0 radical (unpaired) electrons. The molecule has 2 aromatic rings. The number of H-pyrrole nitrogens is 1. The number of hydrogen-bond acceptors (Lipinski definition) is 6. The number of nitriles is 1.